The molecule has 3 nitrogen and oxygen atoms in total. The first-order chi connectivity index (χ1) is 13.2. The number of ether oxygens (including phenoxy) is 1. The van der Waals surface area contributed by atoms with Gasteiger partial charge in [0.1, 0.15) is 6.23 Å². The summed E-state index contributed by atoms with van der Waals surface area (Å²) < 4.78 is 6.68. The van der Waals surface area contributed by atoms with Crippen molar-refractivity contribution in [1.29, 1.82) is 0 Å². The summed E-state index contributed by atoms with van der Waals surface area (Å²) in [5.41, 5.74) is 2.39. The van der Waals surface area contributed by atoms with Crippen molar-refractivity contribution in [2.24, 2.45) is 34.5 Å². The molecule has 0 aliphatic heterocycles. The summed E-state index contributed by atoms with van der Waals surface area (Å²) in [5, 5.41) is 10.6. The number of aliphatic hydroxyl groups excluding tert-OH is 1. The molecule has 0 radical (unpaired) electrons. The maximum absolute atomic E-state index is 10.6. The van der Waals surface area contributed by atoms with Gasteiger partial charge in [-0.1, -0.05) is 25.5 Å². The Labute approximate surface area is 172 Å². The molecule has 0 heterocycles. The van der Waals surface area contributed by atoms with Crippen molar-refractivity contribution >= 4 is 0 Å². The molecule has 0 saturated heterocycles. The molecule has 4 saturated carbocycles. The second-order valence-corrected chi connectivity index (χ2v) is 11.1. The van der Waals surface area contributed by atoms with Gasteiger partial charge >= 0.3 is 0 Å². The van der Waals surface area contributed by atoms with Gasteiger partial charge in [0.2, 0.25) is 0 Å². The van der Waals surface area contributed by atoms with Crippen molar-refractivity contribution in [2.75, 3.05) is 14.1 Å². The highest BCUT2D eigenvalue weighted by Crippen LogP contribution is 2.67. The lowest BCUT2D eigenvalue weighted by molar-refractivity contribution is -0.219. The number of allylic oxidation sites excluding steroid dienone is 2. The fourth-order valence-corrected chi connectivity index (χ4v) is 8.15. The Bertz CT molecular complexity index is 616. The Balaban J connectivity index is 1.65. The minimum Gasteiger partial charge on any atom is -0.393 e. The van der Waals surface area contributed by atoms with Crippen molar-refractivity contribution in [2.45, 2.75) is 97.5 Å². The number of nitrogens with zero attached hydrogens (tertiary/aromatic N) is 1. The zero-order valence-electron chi connectivity index (χ0n) is 19.1. The fourth-order valence-electron chi connectivity index (χ4n) is 8.15. The largest absolute Gasteiger partial charge is 0.393 e. The molecule has 0 bridgehead atoms. The lowest BCUT2D eigenvalue weighted by Crippen LogP contribution is -2.60. The van der Waals surface area contributed by atoms with Crippen LogP contribution in [0.15, 0.2) is 11.6 Å². The molecule has 4 fully saturated rings. The molecule has 4 aliphatic rings. The van der Waals surface area contributed by atoms with E-state index in [0.717, 1.165) is 30.6 Å². The zero-order chi connectivity index (χ0) is 20.3. The maximum Gasteiger partial charge on any atom is 0.107 e. The highest BCUT2D eigenvalue weighted by molar-refractivity contribution is 5.24. The van der Waals surface area contributed by atoms with E-state index in [1.165, 1.54) is 38.5 Å². The van der Waals surface area contributed by atoms with Gasteiger partial charge in [0, 0.05) is 6.42 Å². The Morgan fingerprint density at radius 2 is 1.86 bits per heavy atom. The molecule has 0 spiro atoms. The fraction of sp³-hybridized carbons (Fsp3) is 0.920. The van der Waals surface area contributed by atoms with E-state index in [2.05, 4.69) is 52.8 Å². The molecule has 0 amide bonds. The second kappa shape index (κ2) is 7.39. The monoisotopic (exact) mass is 389 g/mol. The average Bonchev–Trinajstić information content (AvgIpc) is 2.99. The predicted octanol–water partition coefficient (Wildman–Crippen LogP) is 5.24. The second-order valence-electron chi connectivity index (χ2n) is 11.1. The molecule has 0 aromatic rings. The van der Waals surface area contributed by atoms with E-state index in [1.54, 1.807) is 5.57 Å². The van der Waals surface area contributed by atoms with Gasteiger partial charge in [-0.05, 0) is 107 Å². The molecule has 160 valence electrons. The van der Waals surface area contributed by atoms with Gasteiger partial charge in [0.15, 0.2) is 0 Å². The molecule has 3 heteroatoms. The van der Waals surface area contributed by atoms with Crippen LogP contribution >= 0.6 is 0 Å². The third kappa shape index (κ3) is 3.03. The molecule has 0 aromatic heterocycles. The van der Waals surface area contributed by atoms with Gasteiger partial charge in [-0.25, -0.2) is 0 Å². The van der Waals surface area contributed by atoms with Crippen LogP contribution in [0, 0.1) is 34.5 Å². The molecule has 4 rings (SSSR count). The standard InChI is InChI=1S/C25H43NO2/c1-7-17-9-11-21-20-10-8-18-14-19(27)15-23(28-16(2)26(5)6)25(18,4)22(20)12-13-24(17,21)3/h7,16,18-23,27H,8-15H2,1-6H3/b17-7-/t16?,18-,19-,20-,21-,22-,23?,24+,25-/m0/s1. The van der Waals surface area contributed by atoms with Crippen LogP contribution in [0.3, 0.4) is 0 Å². The third-order valence-corrected chi connectivity index (χ3v) is 9.99. The summed E-state index contributed by atoms with van der Waals surface area (Å²) in [6.45, 7) is 9.52. The number of fused-ring (bicyclic) bond motifs is 5. The van der Waals surface area contributed by atoms with Crippen molar-refractivity contribution < 1.29 is 9.84 Å². The smallest absolute Gasteiger partial charge is 0.107 e. The average molecular weight is 390 g/mol. The minimum absolute atomic E-state index is 0.100. The van der Waals surface area contributed by atoms with Gasteiger partial charge in [-0.3, -0.25) is 4.90 Å². The quantitative estimate of drug-likeness (QED) is 0.529. The molecule has 9 atom stereocenters. The lowest BCUT2D eigenvalue weighted by atomic mass is 9.44. The summed E-state index contributed by atoms with van der Waals surface area (Å²) >= 11 is 0. The summed E-state index contributed by atoms with van der Waals surface area (Å²) in [4.78, 5) is 2.16. The number of hydrogen-bond acceptors (Lipinski definition) is 3. The van der Waals surface area contributed by atoms with Gasteiger partial charge in [-0.2, -0.15) is 0 Å². The molecule has 28 heavy (non-hydrogen) atoms. The maximum atomic E-state index is 10.6. The number of hydrogen-bond donors (Lipinski definition) is 1. The van der Waals surface area contributed by atoms with Gasteiger partial charge in [-0.15, -0.1) is 0 Å². The molecular formula is C25H43NO2. The number of rotatable bonds is 3. The van der Waals surface area contributed by atoms with Gasteiger partial charge in [0.05, 0.1) is 12.2 Å². The minimum atomic E-state index is -0.191. The first-order valence-electron chi connectivity index (χ1n) is 11.9. The highest BCUT2D eigenvalue weighted by Gasteiger charge is 2.61. The van der Waals surface area contributed by atoms with Crippen LogP contribution in [0.4, 0.5) is 0 Å². The Hall–Kier alpha value is -0.380. The Kier molecular flexibility index (Phi) is 5.51. The lowest BCUT2D eigenvalue weighted by Gasteiger charge is -2.62. The predicted molar refractivity (Wildman–Crippen MR) is 115 cm³/mol. The molecule has 0 aromatic carbocycles. The summed E-state index contributed by atoms with van der Waals surface area (Å²) in [6.07, 6.45) is 12.4. The molecule has 4 aliphatic carbocycles. The summed E-state index contributed by atoms with van der Waals surface area (Å²) in [6, 6.07) is 0. The van der Waals surface area contributed by atoms with Gasteiger partial charge in [0.25, 0.3) is 0 Å². The normalized spacial score (nSPS) is 50.9. The van der Waals surface area contributed by atoms with E-state index in [-0.39, 0.29) is 23.9 Å². The van der Waals surface area contributed by atoms with E-state index in [1.807, 2.05) is 0 Å². The van der Waals surface area contributed by atoms with Crippen LogP contribution in [0.2, 0.25) is 0 Å². The van der Waals surface area contributed by atoms with E-state index < -0.39 is 0 Å². The van der Waals surface area contributed by atoms with Gasteiger partial charge < -0.3 is 9.84 Å². The van der Waals surface area contributed by atoms with Crippen LogP contribution in [-0.4, -0.2) is 42.5 Å². The number of aliphatic hydroxyl groups is 1. The first kappa shape index (κ1) is 20.9. The van der Waals surface area contributed by atoms with E-state index in [9.17, 15) is 5.11 Å². The van der Waals surface area contributed by atoms with Crippen LogP contribution in [0.25, 0.3) is 0 Å². The van der Waals surface area contributed by atoms with E-state index >= 15 is 0 Å². The topological polar surface area (TPSA) is 32.7 Å². The molecular weight excluding hydrogens is 346 g/mol. The molecule has 2 unspecified atom stereocenters. The zero-order valence-corrected chi connectivity index (χ0v) is 19.1. The first-order valence-corrected chi connectivity index (χ1v) is 11.9. The molecule has 1 N–H and O–H groups in total. The van der Waals surface area contributed by atoms with Crippen LogP contribution in [0.5, 0.6) is 0 Å². The summed E-state index contributed by atoms with van der Waals surface area (Å²) in [7, 11) is 4.19. The van der Waals surface area contributed by atoms with Crippen LogP contribution in [0.1, 0.15) is 79.1 Å². The highest BCUT2D eigenvalue weighted by atomic mass is 16.5. The SMILES string of the molecule is C/C=C1/CC[C@H]2[C@@H]3CC[C@H]4C[C@H](O)CC(OC(C)N(C)C)[C@]4(C)[C@H]3CC[C@]12C. The van der Waals surface area contributed by atoms with Crippen LogP contribution in [-0.2, 0) is 4.74 Å². The van der Waals surface area contributed by atoms with Crippen molar-refractivity contribution in [3.8, 4) is 0 Å². The van der Waals surface area contributed by atoms with Crippen molar-refractivity contribution in [3.05, 3.63) is 11.6 Å². The Morgan fingerprint density at radius 3 is 2.54 bits per heavy atom. The van der Waals surface area contributed by atoms with Crippen molar-refractivity contribution in [1.82, 2.24) is 4.90 Å². The van der Waals surface area contributed by atoms with E-state index in [0.29, 0.717) is 11.3 Å². The third-order valence-electron chi connectivity index (χ3n) is 9.99. The van der Waals surface area contributed by atoms with Crippen molar-refractivity contribution in [3.63, 3.8) is 0 Å². The van der Waals surface area contributed by atoms with Crippen LogP contribution < -0.4 is 0 Å². The Morgan fingerprint density at radius 1 is 1.11 bits per heavy atom. The van der Waals surface area contributed by atoms with E-state index in [4.69, 9.17) is 4.74 Å². The summed E-state index contributed by atoms with van der Waals surface area (Å²) in [5.74, 6) is 3.07.